The summed E-state index contributed by atoms with van der Waals surface area (Å²) < 4.78 is 10.6. The van der Waals surface area contributed by atoms with Crippen LogP contribution < -0.4 is 5.32 Å². The molecule has 0 bridgehead atoms. The topological polar surface area (TPSA) is 113 Å². The Morgan fingerprint density at radius 1 is 0.958 bits per heavy atom. The van der Waals surface area contributed by atoms with Gasteiger partial charge in [0.2, 0.25) is 0 Å². The number of piperazine rings is 1. The van der Waals surface area contributed by atoms with Gasteiger partial charge in [-0.05, 0) is 74.9 Å². The minimum absolute atomic E-state index is 0.232. The summed E-state index contributed by atoms with van der Waals surface area (Å²) in [6.07, 6.45) is 6.20. The first-order chi connectivity index (χ1) is 22.8. The quantitative estimate of drug-likeness (QED) is 0.179. The second-order valence-electron chi connectivity index (χ2n) is 12.5. The summed E-state index contributed by atoms with van der Waals surface area (Å²) in [4.78, 5) is 22.8. The van der Waals surface area contributed by atoms with Crippen LogP contribution in [0.15, 0.2) is 52.1 Å². The predicted molar refractivity (Wildman–Crippen MR) is 199 cm³/mol. The average molecular weight is 662 g/mol. The molecule has 0 aliphatic carbocycles. The van der Waals surface area contributed by atoms with Crippen LogP contribution in [-0.4, -0.2) is 82.7 Å². The number of carbonyl (C=O) groups is 1. The Balaban J connectivity index is 0.000000565. The highest BCUT2D eigenvalue weighted by molar-refractivity contribution is 5.82. The van der Waals surface area contributed by atoms with E-state index in [1.54, 1.807) is 0 Å². The van der Waals surface area contributed by atoms with Gasteiger partial charge in [0.15, 0.2) is 5.76 Å². The van der Waals surface area contributed by atoms with Crippen LogP contribution in [0.25, 0.3) is 11.1 Å². The lowest BCUT2D eigenvalue weighted by atomic mass is 9.97. The molecule has 1 aliphatic rings. The molecule has 1 atom stereocenters. The van der Waals surface area contributed by atoms with E-state index in [1.165, 1.54) is 5.57 Å². The third kappa shape index (κ3) is 12.5. The van der Waals surface area contributed by atoms with E-state index in [1.807, 2.05) is 53.6 Å². The largest absolute Gasteiger partial charge is 0.366 e. The van der Waals surface area contributed by atoms with Crippen molar-refractivity contribution in [3.63, 3.8) is 0 Å². The van der Waals surface area contributed by atoms with E-state index >= 15 is 0 Å². The van der Waals surface area contributed by atoms with Crippen molar-refractivity contribution in [2.24, 2.45) is 0 Å². The number of nitrogens with zero attached hydrogens (tertiary/aromatic N) is 6. The fourth-order valence-electron chi connectivity index (χ4n) is 5.08. The van der Waals surface area contributed by atoms with Gasteiger partial charge >= 0.3 is 0 Å². The minimum Gasteiger partial charge on any atom is -0.366 e. The molecule has 48 heavy (non-hydrogen) atoms. The lowest BCUT2D eigenvalue weighted by molar-refractivity contribution is -0.0980. The van der Waals surface area contributed by atoms with E-state index < -0.39 is 0 Å². The van der Waals surface area contributed by atoms with Gasteiger partial charge in [0, 0.05) is 67.4 Å². The number of allylic oxidation sites excluding steroid dienone is 5. The van der Waals surface area contributed by atoms with Gasteiger partial charge in [-0.3, -0.25) is 4.90 Å². The molecule has 1 unspecified atom stereocenters. The van der Waals surface area contributed by atoms with Crippen LogP contribution in [0.3, 0.4) is 0 Å². The molecular formula is C38H59N7O3. The van der Waals surface area contributed by atoms with Crippen molar-refractivity contribution in [1.82, 2.24) is 30.1 Å². The highest BCUT2D eigenvalue weighted by Crippen LogP contribution is 2.32. The highest BCUT2D eigenvalue weighted by Gasteiger charge is 2.23. The molecule has 0 saturated carbocycles. The smallest absolute Gasteiger partial charge is 0.162 e. The van der Waals surface area contributed by atoms with E-state index in [2.05, 4.69) is 99.3 Å². The SMILES string of the molecule is C/C=C(\c1nc(C(C)C)nc(NC(C)CN2CCN(C)CC2)c1C)c1c(C)noc1C.C=C.C=O.CC(C)=C/C=C(\C)c1cc(C)no1. The van der Waals surface area contributed by atoms with Crippen LogP contribution in [0.4, 0.5) is 5.82 Å². The van der Waals surface area contributed by atoms with Crippen molar-refractivity contribution in [3.8, 4) is 0 Å². The number of carbonyl (C=O) groups excluding carboxylic acids is 1. The monoisotopic (exact) mass is 661 g/mol. The number of anilines is 1. The van der Waals surface area contributed by atoms with Gasteiger partial charge in [-0.2, -0.15) is 0 Å². The fourth-order valence-corrected chi connectivity index (χ4v) is 5.08. The first-order valence-corrected chi connectivity index (χ1v) is 16.5. The molecule has 264 valence electrons. The Labute approximate surface area is 289 Å². The Morgan fingerprint density at radius 3 is 2.06 bits per heavy atom. The number of aryl methyl sites for hydroxylation is 3. The molecule has 10 nitrogen and oxygen atoms in total. The molecular weight excluding hydrogens is 602 g/mol. The summed E-state index contributed by atoms with van der Waals surface area (Å²) in [6.45, 7) is 36.1. The van der Waals surface area contributed by atoms with Crippen molar-refractivity contribution < 1.29 is 13.8 Å². The van der Waals surface area contributed by atoms with E-state index in [0.717, 1.165) is 95.2 Å². The Kier molecular flexibility index (Phi) is 18.3. The molecule has 0 radical (unpaired) electrons. The molecule has 0 amide bonds. The summed E-state index contributed by atoms with van der Waals surface area (Å²) in [5, 5.41) is 11.7. The number of aromatic nitrogens is 4. The van der Waals surface area contributed by atoms with Gasteiger partial charge in [0.05, 0.1) is 17.1 Å². The maximum atomic E-state index is 8.00. The number of nitrogens with one attached hydrogen (secondary N) is 1. The minimum atomic E-state index is 0.232. The second-order valence-corrected chi connectivity index (χ2v) is 12.5. The van der Waals surface area contributed by atoms with E-state index in [0.29, 0.717) is 0 Å². The van der Waals surface area contributed by atoms with Gasteiger partial charge in [0.25, 0.3) is 0 Å². The van der Waals surface area contributed by atoms with Gasteiger partial charge in [-0.1, -0.05) is 48.0 Å². The molecule has 3 aromatic heterocycles. The van der Waals surface area contributed by atoms with E-state index in [9.17, 15) is 0 Å². The molecule has 4 rings (SSSR count). The lowest BCUT2D eigenvalue weighted by Crippen LogP contribution is -2.47. The molecule has 3 aromatic rings. The zero-order valence-corrected chi connectivity index (χ0v) is 31.5. The van der Waals surface area contributed by atoms with Crippen molar-refractivity contribution in [3.05, 3.63) is 88.6 Å². The normalized spacial score (nSPS) is 14.5. The molecule has 1 saturated heterocycles. The molecule has 1 N–H and O–H groups in total. The van der Waals surface area contributed by atoms with Crippen LogP contribution in [0.2, 0.25) is 0 Å². The Morgan fingerprint density at radius 2 is 1.58 bits per heavy atom. The van der Waals surface area contributed by atoms with Crippen molar-refractivity contribution >= 4 is 23.8 Å². The van der Waals surface area contributed by atoms with Gasteiger partial charge < -0.3 is 24.1 Å². The summed E-state index contributed by atoms with van der Waals surface area (Å²) in [7, 11) is 2.19. The first-order valence-electron chi connectivity index (χ1n) is 16.5. The molecule has 1 fully saturated rings. The fraction of sp³-hybridized carbons (Fsp3) is 0.500. The third-order valence-corrected chi connectivity index (χ3v) is 7.72. The average Bonchev–Trinajstić information content (AvgIpc) is 3.65. The van der Waals surface area contributed by atoms with Gasteiger partial charge in [-0.25, -0.2) is 9.97 Å². The molecule has 0 spiro atoms. The van der Waals surface area contributed by atoms with E-state index in [-0.39, 0.29) is 12.0 Å². The Hall–Kier alpha value is -4.15. The lowest BCUT2D eigenvalue weighted by Gasteiger charge is -2.34. The number of hydrogen-bond donors (Lipinski definition) is 1. The standard InChI is InChI=1S/C24H38N6O.C11H15NO.C2H4.CH2O/c1-9-20(21-18(6)28-31-19(21)7)22-17(5)24(27-23(26-22)15(2)3)25-16(4)14-30-12-10-29(8)11-13-30;1-8(2)5-6-9(3)11-7-10(4)12-13-11;2*1-2/h9,15-16H,10-14H2,1-8H3,(H,25,26,27);5-7H,1-4H3;1-2H2;1H2/b20-9-;9-6+;;. The third-order valence-electron chi connectivity index (χ3n) is 7.72. The molecule has 1 aliphatic heterocycles. The number of rotatable bonds is 9. The van der Waals surface area contributed by atoms with Crippen LogP contribution in [0.5, 0.6) is 0 Å². The molecule has 10 heteroatoms. The number of likely N-dealkylation sites (N-methyl/N-ethyl adjacent to an activating group) is 1. The summed E-state index contributed by atoms with van der Waals surface area (Å²) in [5.41, 5.74) is 8.25. The summed E-state index contributed by atoms with van der Waals surface area (Å²) >= 11 is 0. The molecule has 0 aromatic carbocycles. The van der Waals surface area contributed by atoms with Crippen LogP contribution in [0.1, 0.15) is 99.9 Å². The van der Waals surface area contributed by atoms with Gasteiger partial charge in [-0.15, -0.1) is 13.2 Å². The summed E-state index contributed by atoms with van der Waals surface area (Å²) in [5.74, 6) is 3.65. The van der Waals surface area contributed by atoms with Gasteiger partial charge in [0.1, 0.15) is 24.2 Å². The van der Waals surface area contributed by atoms with Crippen LogP contribution >= 0.6 is 0 Å². The van der Waals surface area contributed by atoms with Crippen LogP contribution in [0, 0.1) is 27.7 Å². The Bertz CT molecular complexity index is 1480. The predicted octanol–water partition coefficient (Wildman–Crippen LogP) is 7.98. The van der Waals surface area contributed by atoms with Crippen molar-refractivity contribution in [1.29, 1.82) is 0 Å². The van der Waals surface area contributed by atoms with Crippen molar-refractivity contribution in [2.75, 3.05) is 45.1 Å². The maximum absolute atomic E-state index is 8.00. The summed E-state index contributed by atoms with van der Waals surface area (Å²) in [6, 6.07) is 2.22. The zero-order valence-electron chi connectivity index (χ0n) is 31.5. The number of hydrogen-bond acceptors (Lipinski definition) is 10. The first kappa shape index (κ1) is 41.9. The maximum Gasteiger partial charge on any atom is 0.162 e. The highest BCUT2D eigenvalue weighted by atomic mass is 16.5. The van der Waals surface area contributed by atoms with Crippen LogP contribution in [-0.2, 0) is 4.79 Å². The van der Waals surface area contributed by atoms with Crippen molar-refractivity contribution in [2.45, 2.75) is 88.1 Å². The van der Waals surface area contributed by atoms with E-state index in [4.69, 9.17) is 23.8 Å². The second kappa shape index (κ2) is 21.0. The zero-order chi connectivity index (χ0) is 36.6. The molecule has 4 heterocycles.